The number of nitrogens with zero attached hydrogens (tertiary/aromatic N) is 2. The van der Waals surface area contributed by atoms with Gasteiger partial charge in [0, 0.05) is 43.2 Å². The number of rotatable bonds is 4. The molecule has 0 bridgehead atoms. The molecule has 1 fully saturated rings. The van der Waals surface area contributed by atoms with Crippen LogP contribution in [0.25, 0.3) is 0 Å². The van der Waals surface area contributed by atoms with Crippen LogP contribution in [0.2, 0.25) is 0 Å². The topological polar surface area (TPSA) is 71.5 Å². The van der Waals surface area contributed by atoms with Gasteiger partial charge in [-0.2, -0.15) is 0 Å². The second-order valence-electron chi connectivity index (χ2n) is 5.89. The summed E-state index contributed by atoms with van der Waals surface area (Å²) in [7, 11) is 0. The molecule has 1 aromatic heterocycles. The molecular formula is C20H19N3O3. The van der Waals surface area contributed by atoms with Gasteiger partial charge in [0.2, 0.25) is 0 Å². The number of carbonyl (C=O) groups excluding carboxylic acids is 2. The lowest BCUT2D eigenvalue weighted by Crippen LogP contribution is -2.27. The van der Waals surface area contributed by atoms with E-state index in [1.807, 2.05) is 12.1 Å². The SMILES string of the molecule is C[C@@H](CC#Cc1cccnc1)OC(=O)c1ccc(N2CCNC2=O)cc1. The monoisotopic (exact) mass is 349 g/mol. The zero-order valence-corrected chi connectivity index (χ0v) is 14.4. The fourth-order valence-electron chi connectivity index (χ4n) is 2.52. The van der Waals surface area contributed by atoms with Crippen molar-refractivity contribution in [2.75, 3.05) is 18.0 Å². The molecule has 3 rings (SSSR count). The number of ether oxygens (including phenoxy) is 1. The fraction of sp³-hybridized carbons (Fsp3) is 0.250. The second kappa shape index (κ2) is 8.17. The van der Waals surface area contributed by atoms with E-state index in [1.165, 1.54) is 0 Å². The van der Waals surface area contributed by atoms with Gasteiger partial charge in [-0.25, -0.2) is 9.59 Å². The van der Waals surface area contributed by atoms with Crippen LogP contribution in [0.4, 0.5) is 10.5 Å². The van der Waals surface area contributed by atoms with E-state index in [4.69, 9.17) is 4.74 Å². The largest absolute Gasteiger partial charge is 0.458 e. The molecule has 132 valence electrons. The molecule has 6 nitrogen and oxygen atoms in total. The highest BCUT2D eigenvalue weighted by Crippen LogP contribution is 2.18. The average Bonchev–Trinajstić information content (AvgIpc) is 3.08. The zero-order chi connectivity index (χ0) is 18.4. The van der Waals surface area contributed by atoms with E-state index in [-0.39, 0.29) is 12.1 Å². The summed E-state index contributed by atoms with van der Waals surface area (Å²) in [5.74, 6) is 5.57. The van der Waals surface area contributed by atoms with E-state index < -0.39 is 5.97 Å². The third kappa shape index (κ3) is 4.39. The predicted molar refractivity (Wildman–Crippen MR) is 97.8 cm³/mol. The Morgan fingerprint density at radius 3 is 2.81 bits per heavy atom. The summed E-state index contributed by atoms with van der Waals surface area (Å²) < 4.78 is 5.41. The number of nitrogens with one attached hydrogen (secondary N) is 1. The highest BCUT2D eigenvalue weighted by atomic mass is 16.5. The van der Waals surface area contributed by atoms with Crippen LogP contribution in [0.1, 0.15) is 29.3 Å². The number of urea groups is 1. The van der Waals surface area contributed by atoms with Gasteiger partial charge in [-0.15, -0.1) is 0 Å². The maximum absolute atomic E-state index is 12.2. The molecular weight excluding hydrogens is 330 g/mol. The van der Waals surface area contributed by atoms with Gasteiger partial charge in [-0.3, -0.25) is 9.88 Å². The maximum Gasteiger partial charge on any atom is 0.338 e. The Balaban J connectivity index is 1.54. The molecule has 0 saturated carbocycles. The van der Waals surface area contributed by atoms with Crippen molar-refractivity contribution in [1.29, 1.82) is 0 Å². The molecule has 0 spiro atoms. The first-order valence-corrected chi connectivity index (χ1v) is 8.39. The summed E-state index contributed by atoms with van der Waals surface area (Å²) in [4.78, 5) is 29.5. The van der Waals surface area contributed by atoms with Gasteiger partial charge >= 0.3 is 12.0 Å². The van der Waals surface area contributed by atoms with E-state index in [0.717, 1.165) is 11.3 Å². The maximum atomic E-state index is 12.2. The third-order valence-corrected chi connectivity index (χ3v) is 3.86. The van der Waals surface area contributed by atoms with Crippen LogP contribution >= 0.6 is 0 Å². The smallest absolute Gasteiger partial charge is 0.338 e. The minimum atomic E-state index is -0.405. The molecule has 1 atom stereocenters. The van der Waals surface area contributed by atoms with Gasteiger partial charge < -0.3 is 10.1 Å². The number of benzene rings is 1. The molecule has 0 radical (unpaired) electrons. The summed E-state index contributed by atoms with van der Waals surface area (Å²) in [5, 5.41) is 2.74. The number of pyridine rings is 1. The third-order valence-electron chi connectivity index (χ3n) is 3.86. The van der Waals surface area contributed by atoms with Crippen LogP contribution in [-0.2, 0) is 4.74 Å². The highest BCUT2D eigenvalue weighted by molar-refractivity contribution is 5.95. The molecule has 1 saturated heterocycles. The lowest BCUT2D eigenvalue weighted by molar-refractivity contribution is 0.0352. The Kier molecular flexibility index (Phi) is 5.49. The van der Waals surface area contributed by atoms with Crippen molar-refractivity contribution in [2.24, 2.45) is 0 Å². The Labute approximate surface area is 152 Å². The molecule has 1 aromatic carbocycles. The van der Waals surface area contributed by atoms with Gasteiger partial charge in [0.05, 0.1) is 5.56 Å². The Bertz CT molecular complexity index is 838. The summed E-state index contributed by atoms with van der Waals surface area (Å²) in [6, 6.07) is 10.4. The molecule has 1 aliphatic heterocycles. The van der Waals surface area contributed by atoms with Crippen molar-refractivity contribution in [3.8, 4) is 11.8 Å². The summed E-state index contributed by atoms with van der Waals surface area (Å²) in [6.07, 6.45) is 3.49. The van der Waals surface area contributed by atoms with Gasteiger partial charge in [0.25, 0.3) is 0 Å². The first-order chi connectivity index (χ1) is 12.6. The van der Waals surface area contributed by atoms with E-state index in [1.54, 1.807) is 48.5 Å². The van der Waals surface area contributed by atoms with Crippen molar-refractivity contribution in [1.82, 2.24) is 10.3 Å². The van der Waals surface area contributed by atoms with Crippen LogP contribution in [0.5, 0.6) is 0 Å². The lowest BCUT2D eigenvalue weighted by atomic mass is 10.2. The molecule has 1 N–H and O–H groups in total. The molecule has 2 amide bonds. The van der Waals surface area contributed by atoms with Crippen LogP contribution in [0, 0.1) is 11.8 Å². The number of aromatic nitrogens is 1. The van der Waals surface area contributed by atoms with Gasteiger partial charge in [0.15, 0.2) is 0 Å². The van der Waals surface area contributed by atoms with E-state index >= 15 is 0 Å². The Hall–Kier alpha value is -3.33. The number of amides is 2. The lowest BCUT2D eigenvalue weighted by Gasteiger charge is -2.15. The molecule has 2 aromatic rings. The molecule has 1 aliphatic rings. The van der Waals surface area contributed by atoms with E-state index in [9.17, 15) is 9.59 Å². The average molecular weight is 349 g/mol. The van der Waals surface area contributed by atoms with E-state index in [2.05, 4.69) is 22.1 Å². The van der Waals surface area contributed by atoms with Crippen molar-refractivity contribution in [3.05, 3.63) is 59.9 Å². The number of anilines is 1. The van der Waals surface area contributed by atoms with E-state index in [0.29, 0.717) is 25.1 Å². The normalized spacial score (nSPS) is 14.2. The Morgan fingerprint density at radius 1 is 1.35 bits per heavy atom. The van der Waals surface area contributed by atoms with Gasteiger partial charge in [-0.1, -0.05) is 11.8 Å². The minimum Gasteiger partial charge on any atom is -0.458 e. The Morgan fingerprint density at radius 2 is 2.15 bits per heavy atom. The number of carbonyl (C=O) groups is 2. The minimum absolute atomic E-state index is 0.124. The zero-order valence-electron chi connectivity index (χ0n) is 14.4. The van der Waals surface area contributed by atoms with Crippen molar-refractivity contribution in [3.63, 3.8) is 0 Å². The van der Waals surface area contributed by atoms with Crippen molar-refractivity contribution < 1.29 is 14.3 Å². The van der Waals surface area contributed by atoms with Crippen molar-refractivity contribution in [2.45, 2.75) is 19.4 Å². The summed E-state index contributed by atoms with van der Waals surface area (Å²) >= 11 is 0. The summed E-state index contributed by atoms with van der Waals surface area (Å²) in [5.41, 5.74) is 2.03. The predicted octanol–water partition coefficient (Wildman–Crippen LogP) is 2.60. The molecule has 26 heavy (non-hydrogen) atoms. The molecule has 0 unspecified atom stereocenters. The van der Waals surface area contributed by atoms with Crippen LogP contribution in [0.15, 0.2) is 48.8 Å². The summed E-state index contributed by atoms with van der Waals surface area (Å²) in [6.45, 7) is 3.05. The molecule has 0 aliphatic carbocycles. The first-order valence-electron chi connectivity index (χ1n) is 8.39. The van der Waals surface area contributed by atoms with Crippen LogP contribution in [0.3, 0.4) is 0 Å². The molecule has 2 heterocycles. The fourth-order valence-corrected chi connectivity index (χ4v) is 2.52. The second-order valence-corrected chi connectivity index (χ2v) is 5.89. The number of hydrogen-bond acceptors (Lipinski definition) is 4. The quantitative estimate of drug-likeness (QED) is 0.680. The standard InChI is InChI=1S/C20H19N3O3/c1-15(4-2-5-16-6-3-11-21-14-16)26-19(24)17-7-9-18(10-8-17)23-13-12-22-20(23)25/h3,6-11,14-15H,4,12-13H2,1H3,(H,22,25)/t15-/m0/s1. The van der Waals surface area contributed by atoms with Crippen LogP contribution < -0.4 is 10.2 Å². The van der Waals surface area contributed by atoms with Crippen molar-refractivity contribution >= 4 is 17.7 Å². The number of hydrogen-bond donors (Lipinski definition) is 1. The van der Waals surface area contributed by atoms with Gasteiger partial charge in [-0.05, 0) is 43.3 Å². The highest BCUT2D eigenvalue weighted by Gasteiger charge is 2.21. The first kappa shape index (κ1) is 17.5. The van der Waals surface area contributed by atoms with Gasteiger partial charge in [0.1, 0.15) is 6.10 Å². The number of esters is 1. The van der Waals surface area contributed by atoms with Crippen LogP contribution in [-0.4, -0.2) is 36.2 Å². The molecule has 6 heteroatoms.